The Morgan fingerprint density at radius 2 is 1.89 bits per heavy atom. The van der Waals surface area contributed by atoms with Gasteiger partial charge < -0.3 is 5.32 Å². The number of rotatable bonds is 7. The molecule has 5 rings (SSSR count). The van der Waals surface area contributed by atoms with E-state index in [9.17, 15) is 13.2 Å². The normalized spacial score (nSPS) is 14.2. The van der Waals surface area contributed by atoms with Crippen LogP contribution in [0.2, 0.25) is 0 Å². The molecule has 12 heteroatoms. The summed E-state index contributed by atoms with van der Waals surface area (Å²) in [5.41, 5.74) is 2.71. The first-order valence-corrected chi connectivity index (χ1v) is 15.1. The Balaban J connectivity index is 1.38. The van der Waals surface area contributed by atoms with Crippen molar-refractivity contribution in [3.05, 3.63) is 40.5 Å². The summed E-state index contributed by atoms with van der Waals surface area (Å²) in [5, 5.41) is 13.6. The van der Waals surface area contributed by atoms with Gasteiger partial charge in [0, 0.05) is 30.6 Å². The lowest BCUT2D eigenvalue weighted by Crippen LogP contribution is -2.22. The van der Waals surface area contributed by atoms with Gasteiger partial charge in [0.25, 0.3) is 0 Å². The molecule has 1 N–H and O–H groups in total. The van der Waals surface area contributed by atoms with Gasteiger partial charge in [0.15, 0.2) is 10.8 Å². The summed E-state index contributed by atoms with van der Waals surface area (Å²) in [5.74, 6) is 0.974. The van der Waals surface area contributed by atoms with Crippen molar-refractivity contribution in [1.82, 2.24) is 23.9 Å². The second-order valence-corrected chi connectivity index (χ2v) is 13.5. The Morgan fingerprint density at radius 1 is 1.17 bits per heavy atom. The summed E-state index contributed by atoms with van der Waals surface area (Å²) in [7, 11) is -0.556. The van der Waals surface area contributed by atoms with Gasteiger partial charge in [0.05, 0.1) is 16.0 Å². The fourth-order valence-corrected chi connectivity index (χ4v) is 7.29. The zero-order chi connectivity index (χ0) is 25.6. The van der Waals surface area contributed by atoms with E-state index in [4.69, 9.17) is 4.98 Å². The smallest absolute Gasteiger partial charge is 0.242 e. The molecule has 1 aromatic carbocycles. The minimum absolute atomic E-state index is 0.135. The average Bonchev–Trinajstić information content (AvgIpc) is 3.43. The van der Waals surface area contributed by atoms with E-state index in [2.05, 4.69) is 29.4 Å². The third-order valence-electron chi connectivity index (χ3n) is 6.22. The summed E-state index contributed by atoms with van der Waals surface area (Å²) in [6, 6.07) is 6.14. The lowest BCUT2D eigenvalue weighted by Gasteiger charge is -2.13. The minimum Gasteiger partial charge on any atom is -0.325 e. The number of carbonyl (C=O) groups is 1. The van der Waals surface area contributed by atoms with Gasteiger partial charge in [0.1, 0.15) is 10.7 Å². The van der Waals surface area contributed by atoms with E-state index in [1.54, 1.807) is 23.5 Å². The second-order valence-electron chi connectivity index (χ2n) is 9.31. The quantitative estimate of drug-likeness (QED) is 0.345. The van der Waals surface area contributed by atoms with Crippen molar-refractivity contribution in [2.45, 2.75) is 55.5 Å². The topological polar surface area (TPSA) is 110 Å². The second kappa shape index (κ2) is 9.73. The molecule has 0 atom stereocenters. The standard InChI is InChI=1S/C24H28N6O3S3/c1-14(2)21-26-23-20(17-7-5-6-8-18(17)35-23)22-27-28-24(30(21)22)34-13-19(31)25-15-9-11-16(12-10-15)36(32,33)29(3)4/h9-12,14H,5-8,13H2,1-4H3,(H,25,31). The summed E-state index contributed by atoms with van der Waals surface area (Å²) in [4.78, 5) is 20.3. The molecule has 1 amide bonds. The number of carbonyl (C=O) groups excluding carboxylic acids is 1. The third-order valence-corrected chi connectivity index (χ3v) is 10.2. The van der Waals surface area contributed by atoms with Gasteiger partial charge in [-0.25, -0.2) is 17.7 Å². The molecule has 0 saturated heterocycles. The molecule has 9 nitrogen and oxygen atoms in total. The number of hydrogen-bond acceptors (Lipinski definition) is 8. The lowest BCUT2D eigenvalue weighted by atomic mass is 9.97. The predicted octanol–water partition coefficient (Wildman–Crippen LogP) is 4.32. The summed E-state index contributed by atoms with van der Waals surface area (Å²) in [6.07, 6.45) is 4.52. The highest BCUT2D eigenvalue weighted by atomic mass is 32.2. The Labute approximate surface area is 218 Å². The number of fused-ring (bicyclic) bond motifs is 5. The summed E-state index contributed by atoms with van der Waals surface area (Å²) in [6.45, 7) is 4.20. The molecule has 0 unspecified atom stereocenters. The Morgan fingerprint density at radius 3 is 2.58 bits per heavy atom. The van der Waals surface area contributed by atoms with Crippen molar-refractivity contribution in [2.24, 2.45) is 0 Å². The zero-order valence-corrected chi connectivity index (χ0v) is 23.1. The van der Waals surface area contributed by atoms with Crippen LogP contribution in [0.15, 0.2) is 34.3 Å². The first-order valence-electron chi connectivity index (χ1n) is 11.8. The maximum Gasteiger partial charge on any atom is 0.242 e. The van der Waals surface area contributed by atoms with E-state index in [0.717, 1.165) is 38.8 Å². The number of benzene rings is 1. The van der Waals surface area contributed by atoms with Crippen LogP contribution in [0, 0.1) is 0 Å². The van der Waals surface area contributed by atoms with Gasteiger partial charge in [-0.3, -0.25) is 9.20 Å². The highest BCUT2D eigenvalue weighted by Crippen LogP contribution is 2.39. The Hall–Kier alpha value is -2.54. The molecule has 0 bridgehead atoms. The molecule has 0 spiro atoms. The maximum atomic E-state index is 12.7. The number of sulfonamides is 1. The van der Waals surface area contributed by atoms with Crippen LogP contribution in [0.5, 0.6) is 0 Å². The van der Waals surface area contributed by atoms with Crippen LogP contribution in [0.25, 0.3) is 15.9 Å². The molecule has 1 aliphatic carbocycles. The van der Waals surface area contributed by atoms with E-state index >= 15 is 0 Å². The average molecular weight is 545 g/mol. The van der Waals surface area contributed by atoms with E-state index in [-0.39, 0.29) is 22.5 Å². The van der Waals surface area contributed by atoms with Crippen LogP contribution >= 0.6 is 23.1 Å². The monoisotopic (exact) mass is 544 g/mol. The van der Waals surface area contributed by atoms with Crippen molar-refractivity contribution in [3.8, 4) is 0 Å². The largest absolute Gasteiger partial charge is 0.325 e. The van der Waals surface area contributed by atoms with Crippen LogP contribution in [-0.2, 0) is 27.7 Å². The number of thiophene rings is 1. The van der Waals surface area contributed by atoms with Crippen molar-refractivity contribution < 1.29 is 13.2 Å². The maximum absolute atomic E-state index is 12.7. The number of aromatic nitrogens is 4. The molecule has 4 aromatic rings. The first kappa shape index (κ1) is 25.1. The fraction of sp³-hybridized carbons (Fsp3) is 0.417. The van der Waals surface area contributed by atoms with Crippen LogP contribution in [0.4, 0.5) is 5.69 Å². The van der Waals surface area contributed by atoms with E-state index in [0.29, 0.717) is 10.8 Å². The molecule has 0 radical (unpaired) electrons. The molecule has 0 fully saturated rings. The molecule has 1 aliphatic rings. The summed E-state index contributed by atoms with van der Waals surface area (Å²) < 4.78 is 27.6. The molecule has 3 aromatic heterocycles. The Bertz CT molecular complexity index is 1560. The van der Waals surface area contributed by atoms with Crippen molar-refractivity contribution >= 4 is 60.6 Å². The molecular formula is C24H28N6O3S3. The van der Waals surface area contributed by atoms with E-state index in [1.807, 2.05) is 4.40 Å². The number of nitrogens with one attached hydrogen (secondary N) is 1. The third kappa shape index (κ3) is 4.51. The number of nitrogens with zero attached hydrogens (tertiary/aromatic N) is 5. The van der Waals surface area contributed by atoms with Gasteiger partial charge in [-0.1, -0.05) is 25.6 Å². The van der Waals surface area contributed by atoms with Gasteiger partial charge in [-0.2, -0.15) is 0 Å². The predicted molar refractivity (Wildman–Crippen MR) is 144 cm³/mol. The molecular weight excluding hydrogens is 517 g/mol. The van der Waals surface area contributed by atoms with Gasteiger partial charge >= 0.3 is 0 Å². The SMILES string of the molecule is CC(C)c1nc2sc3c(c2c2nnc(SCC(=O)Nc4ccc(S(=O)(=O)N(C)C)cc4)n12)CCCC3. The van der Waals surface area contributed by atoms with Crippen LogP contribution in [0.3, 0.4) is 0 Å². The number of hydrogen-bond donors (Lipinski definition) is 1. The molecule has 3 heterocycles. The van der Waals surface area contributed by atoms with Gasteiger partial charge in [0.2, 0.25) is 15.9 Å². The molecule has 0 saturated carbocycles. The van der Waals surface area contributed by atoms with E-state index in [1.165, 1.54) is 61.3 Å². The van der Waals surface area contributed by atoms with Gasteiger partial charge in [-0.15, -0.1) is 21.5 Å². The van der Waals surface area contributed by atoms with Crippen LogP contribution < -0.4 is 5.32 Å². The number of thioether (sulfide) groups is 1. The van der Waals surface area contributed by atoms with Crippen molar-refractivity contribution in [2.75, 3.05) is 25.2 Å². The lowest BCUT2D eigenvalue weighted by molar-refractivity contribution is -0.113. The van der Waals surface area contributed by atoms with E-state index < -0.39 is 10.0 Å². The molecule has 190 valence electrons. The zero-order valence-electron chi connectivity index (χ0n) is 20.6. The highest BCUT2D eigenvalue weighted by molar-refractivity contribution is 7.99. The van der Waals surface area contributed by atoms with Crippen molar-refractivity contribution in [1.29, 1.82) is 0 Å². The molecule has 36 heavy (non-hydrogen) atoms. The number of amides is 1. The number of aryl methyl sites for hydroxylation is 2. The Kier molecular flexibility index (Phi) is 6.79. The summed E-state index contributed by atoms with van der Waals surface area (Å²) >= 11 is 3.09. The van der Waals surface area contributed by atoms with Crippen LogP contribution in [-0.4, -0.2) is 58.1 Å². The first-order chi connectivity index (χ1) is 17.2. The molecule has 0 aliphatic heterocycles. The number of anilines is 1. The van der Waals surface area contributed by atoms with Gasteiger partial charge in [-0.05, 0) is 55.5 Å². The minimum atomic E-state index is -3.52. The van der Waals surface area contributed by atoms with Crippen LogP contribution in [0.1, 0.15) is 48.9 Å². The highest BCUT2D eigenvalue weighted by Gasteiger charge is 2.25. The van der Waals surface area contributed by atoms with Crippen molar-refractivity contribution in [3.63, 3.8) is 0 Å². The fourth-order valence-electron chi connectivity index (χ4n) is 4.38.